The van der Waals surface area contributed by atoms with E-state index in [1.54, 1.807) is 53.4 Å². The van der Waals surface area contributed by atoms with Crippen LogP contribution in [-0.4, -0.2) is 48.3 Å². The van der Waals surface area contributed by atoms with Crippen LogP contribution >= 0.6 is 0 Å². The third kappa shape index (κ3) is 5.32. The fraction of sp³-hybridized carbons (Fsp3) is 0.333. The summed E-state index contributed by atoms with van der Waals surface area (Å²) in [6.45, 7) is 4.96. The van der Waals surface area contributed by atoms with Gasteiger partial charge in [0, 0.05) is 25.2 Å². The normalized spacial score (nSPS) is 13.4. The van der Waals surface area contributed by atoms with E-state index in [4.69, 9.17) is 4.74 Å². The van der Waals surface area contributed by atoms with E-state index in [-0.39, 0.29) is 37.8 Å². The van der Waals surface area contributed by atoms with Crippen LogP contribution in [0.2, 0.25) is 0 Å². The molecule has 1 aliphatic heterocycles. The van der Waals surface area contributed by atoms with Crippen molar-refractivity contribution in [2.75, 3.05) is 29.4 Å². The molecule has 0 radical (unpaired) electrons. The molecule has 32 heavy (non-hydrogen) atoms. The molecule has 0 aliphatic carbocycles. The van der Waals surface area contributed by atoms with Crippen LogP contribution in [-0.2, 0) is 25.7 Å². The van der Waals surface area contributed by atoms with Gasteiger partial charge in [0.2, 0.25) is 5.91 Å². The number of hydrogen-bond donors (Lipinski definition) is 0. The van der Waals surface area contributed by atoms with Gasteiger partial charge in [-0.05, 0) is 43.7 Å². The molecule has 0 spiro atoms. The molecule has 1 fully saturated rings. The van der Waals surface area contributed by atoms with Crippen molar-refractivity contribution < 1.29 is 23.9 Å². The SMILES string of the molecule is CCN(CC)C(=O)CCC(=O)OCc1cccc(N2CC(=O)N(c3ccccc3)C2=O)c1. The zero-order valence-electron chi connectivity index (χ0n) is 18.3. The molecule has 4 amide bonds. The van der Waals surface area contributed by atoms with Crippen molar-refractivity contribution >= 4 is 35.2 Å². The van der Waals surface area contributed by atoms with E-state index in [9.17, 15) is 19.2 Å². The zero-order valence-corrected chi connectivity index (χ0v) is 18.3. The summed E-state index contributed by atoms with van der Waals surface area (Å²) in [4.78, 5) is 53.6. The predicted octanol–water partition coefficient (Wildman–Crippen LogP) is 3.35. The first-order chi connectivity index (χ1) is 15.4. The van der Waals surface area contributed by atoms with Crippen LogP contribution in [0.1, 0.15) is 32.3 Å². The lowest BCUT2D eigenvalue weighted by molar-refractivity contribution is -0.147. The van der Waals surface area contributed by atoms with Crippen LogP contribution in [0.4, 0.5) is 16.2 Å². The van der Waals surface area contributed by atoms with Crippen LogP contribution in [0.25, 0.3) is 0 Å². The highest BCUT2D eigenvalue weighted by atomic mass is 16.5. The Hall–Kier alpha value is -3.68. The van der Waals surface area contributed by atoms with Gasteiger partial charge in [0.05, 0.1) is 12.1 Å². The number of amides is 4. The van der Waals surface area contributed by atoms with E-state index >= 15 is 0 Å². The number of imide groups is 1. The molecule has 0 bridgehead atoms. The zero-order chi connectivity index (χ0) is 23.1. The van der Waals surface area contributed by atoms with E-state index in [1.165, 1.54) is 4.90 Å². The number of hydrogen-bond acceptors (Lipinski definition) is 5. The van der Waals surface area contributed by atoms with Gasteiger partial charge in [0.15, 0.2) is 0 Å². The molecular formula is C24H27N3O5. The van der Waals surface area contributed by atoms with Crippen molar-refractivity contribution in [3.63, 3.8) is 0 Å². The van der Waals surface area contributed by atoms with Crippen molar-refractivity contribution in [3.8, 4) is 0 Å². The summed E-state index contributed by atoms with van der Waals surface area (Å²) >= 11 is 0. The third-order valence-corrected chi connectivity index (χ3v) is 5.26. The maximum absolute atomic E-state index is 12.9. The second kappa shape index (κ2) is 10.6. The molecule has 2 aromatic carbocycles. The number of carbonyl (C=O) groups is 4. The lowest BCUT2D eigenvalue weighted by Crippen LogP contribution is -2.33. The quantitative estimate of drug-likeness (QED) is 0.444. The Morgan fingerprint density at radius 3 is 2.31 bits per heavy atom. The number of esters is 1. The van der Waals surface area contributed by atoms with E-state index in [0.717, 1.165) is 4.90 Å². The molecule has 0 unspecified atom stereocenters. The van der Waals surface area contributed by atoms with Crippen molar-refractivity contribution in [2.45, 2.75) is 33.3 Å². The molecular weight excluding hydrogens is 410 g/mol. The summed E-state index contributed by atoms with van der Waals surface area (Å²) < 4.78 is 5.29. The number of nitrogens with zero attached hydrogens (tertiary/aromatic N) is 3. The van der Waals surface area contributed by atoms with Crippen molar-refractivity contribution in [1.29, 1.82) is 0 Å². The fourth-order valence-corrected chi connectivity index (χ4v) is 3.53. The summed E-state index contributed by atoms with van der Waals surface area (Å²) in [6.07, 6.45) is 0.125. The summed E-state index contributed by atoms with van der Waals surface area (Å²) in [7, 11) is 0. The number of para-hydroxylation sites is 1. The Kier molecular flexibility index (Phi) is 7.59. The first kappa shape index (κ1) is 23.0. The lowest BCUT2D eigenvalue weighted by Gasteiger charge is -2.18. The number of carbonyl (C=O) groups excluding carboxylic acids is 4. The molecule has 8 nitrogen and oxygen atoms in total. The Balaban J connectivity index is 1.59. The molecule has 8 heteroatoms. The Labute approximate surface area is 187 Å². The smallest absolute Gasteiger partial charge is 0.336 e. The lowest BCUT2D eigenvalue weighted by atomic mass is 10.2. The van der Waals surface area contributed by atoms with Crippen LogP contribution in [0.5, 0.6) is 0 Å². The molecule has 2 aromatic rings. The number of anilines is 2. The molecule has 3 rings (SSSR count). The second-order valence-electron chi connectivity index (χ2n) is 7.33. The van der Waals surface area contributed by atoms with Gasteiger partial charge in [-0.15, -0.1) is 0 Å². The number of urea groups is 1. The van der Waals surface area contributed by atoms with Gasteiger partial charge < -0.3 is 9.64 Å². The maximum Gasteiger partial charge on any atom is 0.336 e. The standard InChI is InChI=1S/C24H27N3O5/c1-3-25(4-2)21(28)13-14-23(30)32-17-18-9-8-12-20(15-18)26-16-22(29)27(24(26)31)19-10-6-5-7-11-19/h5-12,15H,3-4,13-14,16-17H2,1-2H3. The predicted molar refractivity (Wildman–Crippen MR) is 120 cm³/mol. The second-order valence-corrected chi connectivity index (χ2v) is 7.33. The van der Waals surface area contributed by atoms with Crippen molar-refractivity contribution in [3.05, 3.63) is 60.2 Å². The van der Waals surface area contributed by atoms with E-state index in [0.29, 0.717) is 30.0 Å². The summed E-state index contributed by atoms with van der Waals surface area (Å²) in [5, 5.41) is 0. The third-order valence-electron chi connectivity index (χ3n) is 5.26. The highest BCUT2D eigenvalue weighted by Crippen LogP contribution is 2.26. The largest absolute Gasteiger partial charge is 0.461 e. The molecule has 1 aliphatic rings. The van der Waals surface area contributed by atoms with E-state index in [2.05, 4.69) is 0 Å². The van der Waals surface area contributed by atoms with Gasteiger partial charge in [0.1, 0.15) is 13.2 Å². The van der Waals surface area contributed by atoms with Gasteiger partial charge in [-0.1, -0.05) is 30.3 Å². The summed E-state index contributed by atoms with van der Waals surface area (Å²) in [5.41, 5.74) is 1.76. The average Bonchev–Trinajstić information content (AvgIpc) is 3.11. The summed E-state index contributed by atoms with van der Waals surface area (Å²) in [6, 6.07) is 15.3. The monoisotopic (exact) mass is 437 g/mol. The highest BCUT2D eigenvalue weighted by molar-refractivity contribution is 6.26. The number of ether oxygens (including phenoxy) is 1. The van der Waals surface area contributed by atoms with Crippen LogP contribution in [0.15, 0.2) is 54.6 Å². The van der Waals surface area contributed by atoms with Crippen LogP contribution in [0, 0.1) is 0 Å². The van der Waals surface area contributed by atoms with Gasteiger partial charge in [-0.25, -0.2) is 9.69 Å². The minimum atomic E-state index is -0.460. The first-order valence-electron chi connectivity index (χ1n) is 10.7. The molecule has 1 saturated heterocycles. The minimum absolute atomic E-state index is 0.0141. The Morgan fingerprint density at radius 2 is 1.62 bits per heavy atom. The minimum Gasteiger partial charge on any atom is -0.461 e. The molecule has 0 atom stereocenters. The molecule has 1 heterocycles. The fourth-order valence-electron chi connectivity index (χ4n) is 3.53. The van der Waals surface area contributed by atoms with Gasteiger partial charge in [-0.2, -0.15) is 0 Å². The highest BCUT2D eigenvalue weighted by Gasteiger charge is 2.37. The van der Waals surface area contributed by atoms with Crippen molar-refractivity contribution in [2.24, 2.45) is 0 Å². The number of rotatable bonds is 9. The van der Waals surface area contributed by atoms with Gasteiger partial charge >= 0.3 is 12.0 Å². The average molecular weight is 437 g/mol. The van der Waals surface area contributed by atoms with E-state index < -0.39 is 12.0 Å². The van der Waals surface area contributed by atoms with Crippen LogP contribution < -0.4 is 9.80 Å². The van der Waals surface area contributed by atoms with Gasteiger partial charge in [0.25, 0.3) is 5.91 Å². The molecule has 0 saturated carbocycles. The summed E-state index contributed by atoms with van der Waals surface area (Å²) in [5.74, 6) is -0.844. The topological polar surface area (TPSA) is 87.2 Å². The molecule has 168 valence electrons. The first-order valence-corrected chi connectivity index (χ1v) is 10.7. The van der Waals surface area contributed by atoms with Crippen molar-refractivity contribution in [1.82, 2.24) is 4.90 Å². The maximum atomic E-state index is 12.9. The molecule has 0 N–H and O–H groups in total. The van der Waals surface area contributed by atoms with E-state index in [1.807, 2.05) is 19.9 Å². The molecule has 0 aromatic heterocycles. The van der Waals surface area contributed by atoms with Crippen LogP contribution in [0.3, 0.4) is 0 Å². The Morgan fingerprint density at radius 1 is 0.938 bits per heavy atom. The van der Waals surface area contributed by atoms with Gasteiger partial charge in [-0.3, -0.25) is 19.3 Å². The Bertz CT molecular complexity index is 988. The number of benzene rings is 2.